The van der Waals surface area contributed by atoms with Gasteiger partial charge in [0.25, 0.3) is 11.5 Å². The zero-order valence-electron chi connectivity index (χ0n) is 17.5. The van der Waals surface area contributed by atoms with Crippen molar-refractivity contribution in [3.63, 3.8) is 0 Å². The van der Waals surface area contributed by atoms with Crippen LogP contribution in [0.1, 0.15) is 42.7 Å². The molecule has 1 N–H and O–H groups in total. The molecule has 31 heavy (non-hydrogen) atoms. The summed E-state index contributed by atoms with van der Waals surface area (Å²) >= 11 is 0. The van der Waals surface area contributed by atoms with Crippen molar-refractivity contribution in [2.45, 2.75) is 33.2 Å². The van der Waals surface area contributed by atoms with Gasteiger partial charge in [0.05, 0.1) is 11.1 Å². The van der Waals surface area contributed by atoms with Crippen molar-refractivity contribution < 1.29 is 9.59 Å². The van der Waals surface area contributed by atoms with Crippen molar-refractivity contribution in [1.29, 1.82) is 0 Å². The molecule has 0 aliphatic carbocycles. The van der Waals surface area contributed by atoms with Crippen molar-refractivity contribution in [2.75, 3.05) is 11.4 Å². The van der Waals surface area contributed by atoms with Crippen LogP contribution in [0.4, 0.5) is 5.69 Å². The minimum absolute atomic E-state index is 0.138. The SMILES string of the molecule is CCn1nc(C(=O)N/N=C(/C)c2ccc(N3CCCC3=O)cc2)c2ccccc2c1=O. The van der Waals surface area contributed by atoms with Gasteiger partial charge in [-0.1, -0.05) is 30.3 Å². The first-order chi connectivity index (χ1) is 15.0. The van der Waals surface area contributed by atoms with Crippen LogP contribution in [-0.2, 0) is 11.3 Å². The molecule has 2 amide bonds. The zero-order valence-corrected chi connectivity index (χ0v) is 17.5. The number of carbonyl (C=O) groups is 2. The molecule has 0 atom stereocenters. The highest BCUT2D eigenvalue weighted by Gasteiger charge is 2.21. The van der Waals surface area contributed by atoms with Crippen LogP contribution in [0.15, 0.2) is 58.4 Å². The second kappa shape index (κ2) is 8.51. The first kappa shape index (κ1) is 20.5. The Kier molecular flexibility index (Phi) is 5.62. The van der Waals surface area contributed by atoms with Crippen LogP contribution in [0.2, 0.25) is 0 Å². The average molecular weight is 417 g/mol. The van der Waals surface area contributed by atoms with Crippen LogP contribution in [0.25, 0.3) is 10.8 Å². The summed E-state index contributed by atoms with van der Waals surface area (Å²) < 4.78 is 1.27. The number of benzene rings is 2. The molecule has 8 heteroatoms. The van der Waals surface area contributed by atoms with Gasteiger partial charge in [-0.2, -0.15) is 10.2 Å². The molecule has 1 saturated heterocycles. The van der Waals surface area contributed by atoms with Gasteiger partial charge in [0.1, 0.15) is 0 Å². The average Bonchev–Trinajstić information content (AvgIpc) is 3.23. The molecule has 0 spiro atoms. The Labute approximate surface area is 179 Å². The molecule has 2 aromatic carbocycles. The third-order valence-electron chi connectivity index (χ3n) is 5.38. The highest BCUT2D eigenvalue weighted by Crippen LogP contribution is 2.21. The van der Waals surface area contributed by atoms with Crippen LogP contribution >= 0.6 is 0 Å². The first-order valence-corrected chi connectivity index (χ1v) is 10.2. The lowest BCUT2D eigenvalue weighted by molar-refractivity contribution is -0.117. The fraction of sp³-hybridized carbons (Fsp3) is 0.261. The summed E-state index contributed by atoms with van der Waals surface area (Å²) in [6, 6.07) is 14.4. The monoisotopic (exact) mass is 417 g/mol. The predicted octanol–water partition coefficient (Wildman–Crippen LogP) is 2.70. The third kappa shape index (κ3) is 3.96. The number of amides is 2. The van der Waals surface area contributed by atoms with E-state index in [1.54, 1.807) is 43.0 Å². The van der Waals surface area contributed by atoms with Gasteiger partial charge in [-0.25, -0.2) is 10.1 Å². The molecule has 1 fully saturated rings. The predicted molar refractivity (Wildman–Crippen MR) is 119 cm³/mol. The van der Waals surface area contributed by atoms with E-state index in [-0.39, 0.29) is 17.2 Å². The molecule has 8 nitrogen and oxygen atoms in total. The number of aromatic nitrogens is 2. The Hall–Kier alpha value is -3.81. The van der Waals surface area contributed by atoms with Crippen LogP contribution < -0.4 is 15.9 Å². The first-order valence-electron chi connectivity index (χ1n) is 10.2. The van der Waals surface area contributed by atoms with Crippen molar-refractivity contribution >= 4 is 34.0 Å². The Bertz CT molecular complexity index is 1240. The maximum absolute atomic E-state index is 12.8. The van der Waals surface area contributed by atoms with E-state index in [9.17, 15) is 14.4 Å². The van der Waals surface area contributed by atoms with Crippen LogP contribution in [-0.4, -0.2) is 33.9 Å². The summed E-state index contributed by atoms with van der Waals surface area (Å²) in [5.74, 6) is -0.351. The van der Waals surface area contributed by atoms with E-state index >= 15 is 0 Å². The quantitative estimate of drug-likeness (QED) is 0.510. The summed E-state index contributed by atoms with van der Waals surface area (Å²) in [6.45, 7) is 4.68. The molecule has 4 rings (SSSR count). The van der Waals surface area contributed by atoms with Gasteiger partial charge in [-0.15, -0.1) is 0 Å². The van der Waals surface area contributed by atoms with Crippen molar-refractivity contribution in [2.24, 2.45) is 5.10 Å². The molecule has 0 bridgehead atoms. The molecular weight excluding hydrogens is 394 g/mol. The number of carbonyl (C=O) groups excluding carboxylic acids is 2. The summed E-state index contributed by atoms with van der Waals surface area (Å²) in [5.41, 5.74) is 4.76. The second-order valence-corrected chi connectivity index (χ2v) is 7.35. The number of anilines is 1. The largest absolute Gasteiger partial charge is 0.312 e. The maximum atomic E-state index is 12.8. The van der Waals surface area contributed by atoms with E-state index in [1.165, 1.54) is 4.68 Å². The second-order valence-electron chi connectivity index (χ2n) is 7.35. The Morgan fingerprint density at radius 2 is 1.81 bits per heavy atom. The topological polar surface area (TPSA) is 96.7 Å². The molecule has 0 unspecified atom stereocenters. The van der Waals surface area contributed by atoms with Gasteiger partial charge in [0, 0.05) is 30.6 Å². The Morgan fingerprint density at radius 3 is 2.45 bits per heavy atom. The highest BCUT2D eigenvalue weighted by atomic mass is 16.2. The fourth-order valence-electron chi connectivity index (χ4n) is 3.67. The fourth-order valence-corrected chi connectivity index (χ4v) is 3.67. The lowest BCUT2D eigenvalue weighted by atomic mass is 10.1. The molecule has 0 saturated carbocycles. The van der Waals surface area contributed by atoms with Gasteiger partial charge in [0.2, 0.25) is 5.91 Å². The van der Waals surface area contributed by atoms with E-state index in [0.29, 0.717) is 29.4 Å². The molecule has 1 aliphatic rings. The molecule has 0 radical (unpaired) electrons. The number of hydrogen-bond donors (Lipinski definition) is 1. The third-order valence-corrected chi connectivity index (χ3v) is 5.38. The molecular formula is C23H23N5O3. The van der Waals surface area contributed by atoms with Gasteiger partial charge in [0.15, 0.2) is 5.69 Å². The van der Waals surface area contributed by atoms with Crippen LogP contribution in [0, 0.1) is 0 Å². The number of nitrogens with one attached hydrogen (secondary N) is 1. The van der Waals surface area contributed by atoms with E-state index in [1.807, 2.05) is 24.3 Å². The summed E-state index contributed by atoms with van der Waals surface area (Å²) in [4.78, 5) is 38.9. The van der Waals surface area contributed by atoms with E-state index in [0.717, 1.165) is 24.2 Å². The van der Waals surface area contributed by atoms with Crippen molar-refractivity contribution in [3.8, 4) is 0 Å². The van der Waals surface area contributed by atoms with E-state index < -0.39 is 5.91 Å². The van der Waals surface area contributed by atoms with Gasteiger partial charge < -0.3 is 4.90 Å². The molecule has 1 aromatic heterocycles. The van der Waals surface area contributed by atoms with Crippen LogP contribution in [0.5, 0.6) is 0 Å². The van der Waals surface area contributed by atoms with Crippen LogP contribution in [0.3, 0.4) is 0 Å². The molecule has 1 aliphatic heterocycles. The molecule has 3 aromatic rings. The van der Waals surface area contributed by atoms with Gasteiger partial charge >= 0.3 is 0 Å². The Balaban J connectivity index is 1.56. The lowest BCUT2D eigenvalue weighted by Gasteiger charge is -2.15. The van der Waals surface area contributed by atoms with Gasteiger partial charge in [-0.3, -0.25) is 14.4 Å². The summed E-state index contributed by atoms with van der Waals surface area (Å²) in [5, 5.41) is 9.35. The number of rotatable bonds is 5. The smallest absolute Gasteiger partial charge is 0.292 e. The standard InChI is InChI=1S/C23H23N5O3/c1-3-28-23(31)19-8-5-4-7-18(19)21(26-28)22(30)25-24-15(2)16-10-12-17(13-11-16)27-14-6-9-20(27)29/h4-5,7-8,10-13H,3,6,9,14H2,1-2H3,(H,25,30)/b24-15-. The number of fused-ring (bicyclic) bond motifs is 1. The number of hydrogen-bond acceptors (Lipinski definition) is 5. The van der Waals surface area contributed by atoms with E-state index in [2.05, 4.69) is 15.6 Å². The minimum atomic E-state index is -0.489. The van der Waals surface area contributed by atoms with Crippen molar-refractivity contribution in [1.82, 2.24) is 15.2 Å². The number of aryl methyl sites for hydroxylation is 1. The van der Waals surface area contributed by atoms with Gasteiger partial charge in [-0.05, 0) is 44.0 Å². The zero-order chi connectivity index (χ0) is 22.0. The van der Waals surface area contributed by atoms with Crippen molar-refractivity contribution in [3.05, 3.63) is 70.1 Å². The minimum Gasteiger partial charge on any atom is -0.312 e. The Morgan fingerprint density at radius 1 is 1.10 bits per heavy atom. The number of hydrazone groups is 1. The molecule has 158 valence electrons. The maximum Gasteiger partial charge on any atom is 0.292 e. The molecule has 2 heterocycles. The highest BCUT2D eigenvalue weighted by molar-refractivity contribution is 6.06. The summed E-state index contributed by atoms with van der Waals surface area (Å²) in [6.07, 6.45) is 1.46. The normalized spacial score (nSPS) is 14.3. The number of nitrogens with zero attached hydrogens (tertiary/aromatic N) is 4. The summed E-state index contributed by atoms with van der Waals surface area (Å²) in [7, 11) is 0. The van der Waals surface area contributed by atoms with E-state index in [4.69, 9.17) is 0 Å². The lowest BCUT2D eigenvalue weighted by Crippen LogP contribution is -2.28.